The number of benzene rings is 9. The van der Waals surface area contributed by atoms with Crippen LogP contribution in [0, 0.1) is 0 Å². The van der Waals surface area contributed by atoms with Crippen LogP contribution in [-0.2, 0) is 42.6 Å². The lowest BCUT2D eigenvalue weighted by molar-refractivity contribution is -0.285. The van der Waals surface area contributed by atoms with E-state index in [0.717, 1.165) is 0 Å². The third-order valence-electron chi connectivity index (χ3n) is 19.3. The molecular weight excluding hydrogens is 1650 g/mol. The molecule has 0 aliphatic carbocycles. The summed E-state index contributed by atoms with van der Waals surface area (Å²) in [6.07, 6.45) is -26.7. The van der Waals surface area contributed by atoms with Gasteiger partial charge in [-0.2, -0.15) is 0 Å². The molecular formula is C75H52O47. The maximum atomic E-state index is 15.9. The van der Waals surface area contributed by atoms with E-state index in [1.165, 1.54) is 0 Å². The Morgan fingerprint density at radius 1 is 0.369 bits per heavy atom. The van der Waals surface area contributed by atoms with Gasteiger partial charge in [0.2, 0.25) is 46.9 Å². The minimum Gasteiger partial charge on any atom is -0.504 e. The summed E-state index contributed by atoms with van der Waals surface area (Å²) in [5.74, 6) is -50.4. The predicted octanol–water partition coefficient (Wildman–Crippen LogP) is 2.40. The van der Waals surface area contributed by atoms with E-state index < -0.39 is 365 Å². The quantitative estimate of drug-likeness (QED) is 0.0244. The average Bonchev–Trinajstić information content (AvgIpc) is 0.716. The van der Waals surface area contributed by atoms with E-state index in [1.807, 2.05) is 0 Å². The van der Waals surface area contributed by atoms with Crippen molar-refractivity contribution in [3.8, 4) is 166 Å². The first kappa shape index (κ1) is 81.8. The van der Waals surface area contributed by atoms with Crippen molar-refractivity contribution in [3.05, 3.63) is 133 Å². The van der Waals surface area contributed by atoms with Crippen LogP contribution in [-0.4, -0.2) is 249 Å². The van der Waals surface area contributed by atoms with Crippen LogP contribution in [0.15, 0.2) is 91.2 Å². The first-order valence-corrected chi connectivity index (χ1v) is 34.0. The third kappa shape index (κ3) is 13.5. The van der Waals surface area contributed by atoms with Gasteiger partial charge >= 0.3 is 53.0 Å². The fraction of sp³-hybridized carbons (Fsp3) is 0.160. The lowest BCUT2D eigenvalue weighted by atomic mass is 9.91. The largest absolute Gasteiger partial charge is 0.504 e. The molecule has 2 saturated heterocycles. The Morgan fingerprint density at radius 2 is 0.787 bits per heavy atom. The molecule has 47 heteroatoms. The average molecular weight is 1710 g/mol. The van der Waals surface area contributed by atoms with Crippen molar-refractivity contribution in [2.24, 2.45) is 0 Å². The number of cyclic esters (lactones) is 1. The molecule has 5 heterocycles. The van der Waals surface area contributed by atoms with Crippen LogP contribution in [0.5, 0.6) is 144 Å². The van der Waals surface area contributed by atoms with Crippen LogP contribution in [0.1, 0.15) is 72.5 Å². The molecule has 0 saturated carbocycles. The Labute approximate surface area is 668 Å². The number of fused-ring (bicyclic) bond motifs is 4. The highest BCUT2D eigenvalue weighted by molar-refractivity contribution is 6.23. The minimum atomic E-state index is -3.09. The summed E-state index contributed by atoms with van der Waals surface area (Å²) in [5.41, 5.74) is -18.8. The van der Waals surface area contributed by atoms with Crippen LogP contribution in [0.25, 0.3) is 55.0 Å². The number of aliphatic hydroxyl groups is 3. The fourth-order valence-electron chi connectivity index (χ4n) is 13.4. The molecule has 0 bridgehead atoms. The highest BCUT2D eigenvalue weighted by Gasteiger charge is 2.57. The predicted molar refractivity (Wildman–Crippen MR) is 383 cm³/mol. The molecule has 2 aromatic heterocycles. The molecule has 3 aliphatic heterocycles. The van der Waals surface area contributed by atoms with Gasteiger partial charge in [-0.15, -0.1) is 0 Å². The van der Waals surface area contributed by atoms with E-state index in [9.17, 15) is 166 Å². The molecule has 0 spiro atoms. The van der Waals surface area contributed by atoms with Crippen molar-refractivity contribution in [2.45, 2.75) is 61.4 Å². The number of carbonyl (C=O) groups excluding carboxylic acids is 7. The second-order valence-corrected chi connectivity index (χ2v) is 26.6. The van der Waals surface area contributed by atoms with Crippen LogP contribution in [0.3, 0.4) is 0 Å². The maximum absolute atomic E-state index is 15.9. The van der Waals surface area contributed by atoms with E-state index in [0.29, 0.717) is 48.5 Å². The Hall–Kier alpha value is -16.8. The topological polar surface area (TPSA) is 798 Å². The number of esters is 7. The fourth-order valence-corrected chi connectivity index (χ4v) is 13.4. The summed E-state index contributed by atoms with van der Waals surface area (Å²) in [6, 6.07) is 4.58. The van der Waals surface area contributed by atoms with Gasteiger partial charge in [-0.3, -0.25) is 0 Å². The summed E-state index contributed by atoms with van der Waals surface area (Å²) in [6.45, 7) is -2.84. The highest BCUT2D eigenvalue weighted by Crippen LogP contribution is 2.58. The van der Waals surface area contributed by atoms with Crippen molar-refractivity contribution in [3.63, 3.8) is 0 Å². The van der Waals surface area contributed by atoms with Crippen LogP contribution >= 0.6 is 0 Å². The van der Waals surface area contributed by atoms with Gasteiger partial charge in [-0.1, -0.05) is 0 Å². The molecule has 11 aromatic rings. The monoisotopic (exact) mass is 1700 g/mol. The first-order chi connectivity index (χ1) is 57.5. The number of ether oxygens (including phenoxy) is 10. The summed E-state index contributed by atoms with van der Waals surface area (Å²) in [7, 11) is 0. The van der Waals surface area contributed by atoms with E-state index in [2.05, 4.69) is 0 Å². The molecule has 0 amide bonds. The smallest absolute Gasteiger partial charge is 0.344 e. The Kier molecular flexibility index (Phi) is 20.1. The molecule has 634 valence electrons. The van der Waals surface area contributed by atoms with Gasteiger partial charge in [0.25, 0.3) is 0 Å². The van der Waals surface area contributed by atoms with Crippen LogP contribution < -0.4 is 16.0 Å². The van der Waals surface area contributed by atoms with Crippen molar-refractivity contribution in [1.82, 2.24) is 0 Å². The highest BCUT2D eigenvalue weighted by atomic mass is 16.8. The third-order valence-corrected chi connectivity index (χ3v) is 19.3. The van der Waals surface area contributed by atoms with Crippen molar-refractivity contribution < 1.29 is 223 Å². The molecule has 10 atom stereocenters. The molecule has 26 N–H and O–H groups in total. The number of phenols is 23. The Bertz CT molecular complexity index is 6430. The summed E-state index contributed by atoms with van der Waals surface area (Å²) in [4.78, 5) is 131. The second kappa shape index (κ2) is 30.0. The zero-order valence-corrected chi connectivity index (χ0v) is 59.8. The lowest BCUT2D eigenvalue weighted by Gasteiger charge is -2.43. The van der Waals surface area contributed by atoms with Gasteiger partial charge in [0.1, 0.15) is 30.5 Å². The number of rotatable bonds is 14. The SMILES string of the molecule is O=C(O[C@@H]1[C@@H](OC(=O)c2cc(O)c(O)c(O)c2)[C@H](OC(=O)c2cc(O)c(O)c(O)c2-c2cc3c(=O)oc4c(O)c(O)cc5c(=O)oc(c2O)c3c45)O[C@@H]2COC(=O)c3cc(O)c(O)c(O)c3-c3c(cc(Oc4c(C(=O)O[C@H]5C(O)O[C@H](CO)[C@@H](O)[C@@H]5OC(=O)c5cc(O)c(O)c(O)c5)cc(O)c(O)c4O)c(O)c3O)C(=O)O[C@@H]12)c1cc(O)c(O)c(O)c1. The van der Waals surface area contributed by atoms with Gasteiger partial charge in [0.05, 0.1) is 50.8 Å². The molecule has 1 unspecified atom stereocenters. The summed E-state index contributed by atoms with van der Waals surface area (Å²) >= 11 is 0. The number of aliphatic hydroxyl groups excluding tert-OH is 3. The number of hydrogen-bond donors (Lipinski definition) is 26. The molecule has 3 aliphatic rings. The number of aromatic hydroxyl groups is 23. The number of phenolic OH excluding ortho intramolecular Hbond substituents is 23. The van der Waals surface area contributed by atoms with E-state index in [-0.39, 0.29) is 24.3 Å². The second-order valence-electron chi connectivity index (χ2n) is 26.6. The van der Waals surface area contributed by atoms with Gasteiger partial charge in [0.15, 0.2) is 151 Å². The van der Waals surface area contributed by atoms with Crippen molar-refractivity contribution >= 4 is 74.5 Å². The zero-order chi connectivity index (χ0) is 88.6. The standard InChI is InChI=1S/C75H52O47/c76-13-36-52(96)61(118-65(101)15-1-25(77)44(88)26(78)2-15)63(74(110)113-36)120-73(109)24-11-33(85)49(93)56(100)57(24)112-35-12-23-40(55(99)51(35)95)39-21(9-32(84)48(92)54(39)98)68(104)111-14-37-58(115-71(23)107)62(119-66(102)16-3-27(79)45(89)28(80)4-16)64(121-67(103)17-5-29(81)46(90)30(82)6-17)75(114-37)122-72(108)20-8-31(83)47(91)53(97)38(20)18-7-19-41-42-22(70(106)116-59(41)43(18)87)10-34(86)50(94)60(42)117-69(19)105/h1-12,36-37,52,58,61-64,74-100,110H,13-14H2/t36-,37-,52-,58-,61+,62+,63-,64-,74?,75+/m1/s1. The molecule has 47 nitrogen and oxygen atoms in total. The normalized spacial score (nSPS) is 19.5. The zero-order valence-electron chi connectivity index (χ0n) is 59.8. The van der Waals surface area contributed by atoms with E-state index in [1.54, 1.807) is 0 Å². The molecule has 14 rings (SSSR count). The minimum absolute atomic E-state index is 0.142. The van der Waals surface area contributed by atoms with Crippen LogP contribution in [0.2, 0.25) is 0 Å². The van der Waals surface area contributed by atoms with E-state index >= 15 is 9.59 Å². The summed E-state index contributed by atoms with van der Waals surface area (Å²) in [5, 5.41) is 282. The Balaban J connectivity index is 0.925. The van der Waals surface area contributed by atoms with Gasteiger partial charge in [-0.25, -0.2) is 43.2 Å². The summed E-state index contributed by atoms with van der Waals surface area (Å²) < 4.78 is 66.9. The van der Waals surface area contributed by atoms with Crippen LogP contribution in [0.4, 0.5) is 0 Å². The molecule has 2 fully saturated rings. The van der Waals surface area contributed by atoms with Gasteiger partial charge in [0, 0.05) is 45.2 Å². The number of carbonyl (C=O) groups is 7. The lowest BCUT2D eigenvalue weighted by Crippen LogP contribution is -2.63. The first-order valence-electron chi connectivity index (χ1n) is 34.0. The maximum Gasteiger partial charge on any atom is 0.344 e. The number of hydrogen-bond acceptors (Lipinski definition) is 47. The molecule has 122 heavy (non-hydrogen) atoms. The Morgan fingerprint density at radius 3 is 1.31 bits per heavy atom. The van der Waals surface area contributed by atoms with E-state index in [4.69, 9.17) is 56.2 Å². The van der Waals surface area contributed by atoms with Gasteiger partial charge < -0.3 is 189 Å². The van der Waals surface area contributed by atoms with Crippen molar-refractivity contribution in [1.29, 1.82) is 0 Å². The van der Waals surface area contributed by atoms with Crippen molar-refractivity contribution in [2.75, 3.05) is 13.2 Å². The van der Waals surface area contributed by atoms with Gasteiger partial charge in [-0.05, 0) is 60.7 Å². The molecule has 0 radical (unpaired) electrons. The molecule has 9 aromatic carbocycles.